The van der Waals surface area contributed by atoms with Crippen LogP contribution in [0.4, 0.5) is 5.69 Å². The molecule has 0 unspecified atom stereocenters. The average molecular weight is 313 g/mol. The molecule has 2 rings (SSSR count). The summed E-state index contributed by atoms with van der Waals surface area (Å²) in [6.07, 6.45) is 1.66. The molecule has 1 N–H and O–H groups in total. The minimum Gasteiger partial charge on any atom is -0.493 e. The highest BCUT2D eigenvalue weighted by Gasteiger charge is 2.09. The Morgan fingerprint density at radius 3 is 2.39 bits per heavy atom. The van der Waals surface area contributed by atoms with Crippen LogP contribution in [0.5, 0.6) is 17.2 Å². The summed E-state index contributed by atoms with van der Waals surface area (Å²) in [6, 6.07) is 12.1. The van der Waals surface area contributed by atoms with Gasteiger partial charge in [-0.15, -0.1) is 0 Å². The molecule has 0 aromatic heterocycles. The number of hydrogen-bond acceptors (Lipinski definition) is 4. The maximum atomic E-state index is 12.3. The third-order valence-corrected chi connectivity index (χ3v) is 3.13. The van der Waals surface area contributed by atoms with E-state index in [1.807, 2.05) is 0 Å². The third-order valence-electron chi connectivity index (χ3n) is 3.13. The maximum absolute atomic E-state index is 12.3. The SMILES string of the molecule is C=CCOc1ccc(C(=O)Nc2ccc(OC)c(OC)c2)cc1. The van der Waals surface area contributed by atoms with Crippen LogP contribution in [-0.2, 0) is 0 Å². The lowest BCUT2D eigenvalue weighted by Gasteiger charge is -2.11. The molecule has 0 bridgehead atoms. The molecule has 0 atom stereocenters. The normalized spacial score (nSPS) is 9.83. The first-order chi connectivity index (χ1) is 11.2. The van der Waals surface area contributed by atoms with Crippen molar-refractivity contribution in [3.05, 3.63) is 60.7 Å². The highest BCUT2D eigenvalue weighted by molar-refractivity contribution is 6.04. The van der Waals surface area contributed by atoms with Crippen LogP contribution in [0.25, 0.3) is 0 Å². The lowest BCUT2D eigenvalue weighted by Crippen LogP contribution is -2.11. The number of ether oxygens (including phenoxy) is 3. The summed E-state index contributed by atoms with van der Waals surface area (Å²) in [6.45, 7) is 4.01. The second kappa shape index (κ2) is 7.89. The molecule has 2 aromatic carbocycles. The molecule has 0 saturated heterocycles. The predicted molar refractivity (Wildman–Crippen MR) is 89.6 cm³/mol. The number of methoxy groups -OCH3 is 2. The number of anilines is 1. The standard InChI is InChI=1S/C18H19NO4/c1-4-11-23-15-8-5-13(6-9-15)18(20)19-14-7-10-16(21-2)17(12-14)22-3/h4-10,12H,1,11H2,2-3H3,(H,19,20). The average Bonchev–Trinajstić information content (AvgIpc) is 2.60. The topological polar surface area (TPSA) is 56.8 Å². The Labute approximate surface area is 135 Å². The zero-order valence-corrected chi connectivity index (χ0v) is 13.2. The van der Waals surface area contributed by atoms with Gasteiger partial charge in [0.1, 0.15) is 12.4 Å². The Morgan fingerprint density at radius 2 is 1.78 bits per heavy atom. The number of hydrogen-bond donors (Lipinski definition) is 1. The molecule has 5 nitrogen and oxygen atoms in total. The van der Waals surface area contributed by atoms with E-state index in [2.05, 4.69) is 11.9 Å². The molecule has 0 aliphatic heterocycles. The summed E-state index contributed by atoms with van der Waals surface area (Å²) in [5.41, 5.74) is 1.16. The molecule has 23 heavy (non-hydrogen) atoms. The van der Waals surface area contributed by atoms with Crippen LogP contribution in [0.3, 0.4) is 0 Å². The van der Waals surface area contributed by atoms with Crippen LogP contribution in [0, 0.1) is 0 Å². The first kappa shape index (κ1) is 16.4. The zero-order valence-electron chi connectivity index (χ0n) is 13.2. The molecule has 120 valence electrons. The summed E-state index contributed by atoms with van der Waals surface area (Å²) < 4.78 is 15.8. The third kappa shape index (κ3) is 4.26. The maximum Gasteiger partial charge on any atom is 0.255 e. The van der Waals surface area contributed by atoms with Gasteiger partial charge in [-0.25, -0.2) is 0 Å². The Morgan fingerprint density at radius 1 is 1.09 bits per heavy atom. The van der Waals surface area contributed by atoms with E-state index < -0.39 is 0 Å². The van der Waals surface area contributed by atoms with E-state index in [1.54, 1.807) is 62.8 Å². The van der Waals surface area contributed by atoms with Crippen molar-refractivity contribution in [2.75, 3.05) is 26.1 Å². The fourth-order valence-electron chi connectivity index (χ4n) is 1.97. The molecule has 0 aliphatic rings. The van der Waals surface area contributed by atoms with Gasteiger partial charge in [-0.05, 0) is 36.4 Å². The summed E-state index contributed by atoms with van der Waals surface area (Å²) in [4.78, 5) is 12.3. The molecule has 5 heteroatoms. The van der Waals surface area contributed by atoms with Gasteiger partial charge >= 0.3 is 0 Å². The van der Waals surface area contributed by atoms with Crippen molar-refractivity contribution in [3.63, 3.8) is 0 Å². The van der Waals surface area contributed by atoms with E-state index in [-0.39, 0.29) is 5.91 Å². The molecule has 0 radical (unpaired) electrons. The van der Waals surface area contributed by atoms with Gasteiger partial charge < -0.3 is 19.5 Å². The number of nitrogens with one attached hydrogen (secondary N) is 1. The molecule has 2 aromatic rings. The second-order valence-electron chi connectivity index (χ2n) is 4.65. The Bertz CT molecular complexity index is 680. The fraction of sp³-hybridized carbons (Fsp3) is 0.167. The second-order valence-corrected chi connectivity index (χ2v) is 4.65. The van der Waals surface area contributed by atoms with Crippen LogP contribution in [0.1, 0.15) is 10.4 Å². The predicted octanol–water partition coefficient (Wildman–Crippen LogP) is 3.52. The zero-order chi connectivity index (χ0) is 16.7. The van der Waals surface area contributed by atoms with Crippen molar-refractivity contribution >= 4 is 11.6 Å². The van der Waals surface area contributed by atoms with Crippen molar-refractivity contribution in [2.45, 2.75) is 0 Å². The number of benzene rings is 2. The highest BCUT2D eigenvalue weighted by Crippen LogP contribution is 2.29. The van der Waals surface area contributed by atoms with Gasteiger partial charge in [-0.2, -0.15) is 0 Å². The van der Waals surface area contributed by atoms with Gasteiger partial charge in [0.15, 0.2) is 11.5 Å². The summed E-state index contributed by atoms with van der Waals surface area (Å²) in [7, 11) is 3.11. The van der Waals surface area contributed by atoms with Crippen LogP contribution >= 0.6 is 0 Å². The van der Waals surface area contributed by atoms with E-state index in [9.17, 15) is 4.79 Å². The number of carbonyl (C=O) groups excluding carboxylic acids is 1. The molecule has 0 heterocycles. The highest BCUT2D eigenvalue weighted by atomic mass is 16.5. The van der Waals surface area contributed by atoms with Gasteiger partial charge in [0.2, 0.25) is 0 Å². The summed E-state index contributed by atoms with van der Waals surface area (Å²) in [5.74, 6) is 1.63. The Balaban J connectivity index is 2.08. The van der Waals surface area contributed by atoms with Gasteiger partial charge in [-0.3, -0.25) is 4.79 Å². The number of rotatable bonds is 7. The lowest BCUT2D eigenvalue weighted by molar-refractivity contribution is 0.102. The first-order valence-electron chi connectivity index (χ1n) is 7.05. The molecule has 0 fully saturated rings. The van der Waals surface area contributed by atoms with Crippen LogP contribution in [-0.4, -0.2) is 26.7 Å². The van der Waals surface area contributed by atoms with Gasteiger partial charge in [0.05, 0.1) is 14.2 Å². The van der Waals surface area contributed by atoms with Crippen molar-refractivity contribution in [1.82, 2.24) is 0 Å². The molecule has 0 aliphatic carbocycles. The largest absolute Gasteiger partial charge is 0.493 e. The van der Waals surface area contributed by atoms with Crippen molar-refractivity contribution in [3.8, 4) is 17.2 Å². The molecule has 0 spiro atoms. The van der Waals surface area contributed by atoms with Gasteiger partial charge in [0, 0.05) is 17.3 Å². The van der Waals surface area contributed by atoms with Crippen LogP contribution in [0.15, 0.2) is 55.1 Å². The number of carbonyl (C=O) groups is 1. The van der Waals surface area contributed by atoms with E-state index in [0.717, 1.165) is 0 Å². The minimum absolute atomic E-state index is 0.215. The van der Waals surface area contributed by atoms with Crippen molar-refractivity contribution < 1.29 is 19.0 Å². The number of amides is 1. The summed E-state index contributed by atoms with van der Waals surface area (Å²) >= 11 is 0. The monoisotopic (exact) mass is 313 g/mol. The first-order valence-corrected chi connectivity index (χ1v) is 7.05. The molecule has 0 saturated carbocycles. The van der Waals surface area contributed by atoms with Crippen molar-refractivity contribution in [2.24, 2.45) is 0 Å². The quantitative estimate of drug-likeness (QED) is 0.795. The minimum atomic E-state index is -0.215. The smallest absolute Gasteiger partial charge is 0.255 e. The van der Waals surface area contributed by atoms with Crippen molar-refractivity contribution in [1.29, 1.82) is 0 Å². The van der Waals surface area contributed by atoms with E-state index in [0.29, 0.717) is 35.1 Å². The summed E-state index contributed by atoms with van der Waals surface area (Å²) in [5, 5.41) is 2.82. The van der Waals surface area contributed by atoms with E-state index >= 15 is 0 Å². The van der Waals surface area contributed by atoms with Gasteiger partial charge in [-0.1, -0.05) is 12.7 Å². The fourth-order valence-corrected chi connectivity index (χ4v) is 1.97. The Hall–Kier alpha value is -2.95. The van der Waals surface area contributed by atoms with E-state index in [4.69, 9.17) is 14.2 Å². The van der Waals surface area contributed by atoms with Gasteiger partial charge in [0.25, 0.3) is 5.91 Å². The van der Waals surface area contributed by atoms with Crippen LogP contribution in [0.2, 0.25) is 0 Å². The van der Waals surface area contributed by atoms with E-state index in [1.165, 1.54) is 0 Å². The molecular formula is C18H19NO4. The Kier molecular flexibility index (Phi) is 5.63. The van der Waals surface area contributed by atoms with Crippen LogP contribution < -0.4 is 19.5 Å². The lowest BCUT2D eigenvalue weighted by atomic mass is 10.2. The molecule has 1 amide bonds. The molecular weight excluding hydrogens is 294 g/mol.